The molecule has 0 spiro atoms. The summed E-state index contributed by atoms with van der Waals surface area (Å²) < 4.78 is 5.40. The van der Waals surface area contributed by atoms with Crippen LogP contribution in [0.1, 0.15) is 18.1 Å². The van der Waals surface area contributed by atoms with Crippen LogP contribution < -0.4 is 0 Å². The molecule has 2 aromatic carbocycles. The van der Waals surface area contributed by atoms with Gasteiger partial charge in [-0.25, -0.2) is 4.98 Å². The van der Waals surface area contributed by atoms with E-state index < -0.39 is 0 Å². The number of hydrogen-bond acceptors (Lipinski definition) is 5. The Labute approximate surface area is 137 Å². The van der Waals surface area contributed by atoms with Crippen LogP contribution in [-0.2, 0) is 0 Å². The van der Waals surface area contributed by atoms with Gasteiger partial charge in [0, 0.05) is 5.56 Å². The van der Waals surface area contributed by atoms with Crippen molar-refractivity contribution in [2.24, 2.45) is 0 Å². The van der Waals surface area contributed by atoms with E-state index in [-0.39, 0.29) is 5.25 Å². The number of hydrogen-bond donors (Lipinski definition) is 1. The highest BCUT2D eigenvalue weighted by molar-refractivity contribution is 7.99. The standard InChI is InChI=1S/C17H14N4OS/c1-11(23-17-18-13-9-5-6-10-14(13)19-17)16-20-15(21-22-16)12-7-3-2-4-8-12/h2-11H,1H3,(H,18,19). The number of H-pyrrole nitrogens is 1. The SMILES string of the molecule is CC(Sc1nc2ccccc2[nH]1)c1nc(-c2ccccc2)no1. The number of nitrogens with one attached hydrogen (secondary N) is 1. The monoisotopic (exact) mass is 322 g/mol. The van der Waals surface area contributed by atoms with Crippen LogP contribution in [0, 0.1) is 0 Å². The van der Waals surface area contributed by atoms with Crippen molar-refractivity contribution in [2.75, 3.05) is 0 Å². The molecule has 0 bridgehead atoms. The maximum Gasteiger partial charge on any atom is 0.240 e. The normalized spacial score (nSPS) is 12.6. The van der Waals surface area contributed by atoms with Crippen molar-refractivity contribution >= 4 is 22.8 Å². The van der Waals surface area contributed by atoms with Gasteiger partial charge in [0.25, 0.3) is 0 Å². The van der Waals surface area contributed by atoms with Crippen LogP contribution in [0.2, 0.25) is 0 Å². The van der Waals surface area contributed by atoms with E-state index in [1.54, 1.807) is 11.8 Å². The Morgan fingerprint density at radius 1 is 1.00 bits per heavy atom. The average Bonchev–Trinajstić information content (AvgIpc) is 3.22. The van der Waals surface area contributed by atoms with Crippen LogP contribution in [0.5, 0.6) is 0 Å². The molecule has 0 aliphatic heterocycles. The Morgan fingerprint density at radius 2 is 1.78 bits per heavy atom. The second-order valence-corrected chi connectivity index (χ2v) is 6.47. The third-order valence-electron chi connectivity index (χ3n) is 3.48. The van der Waals surface area contributed by atoms with Gasteiger partial charge in [-0.1, -0.05) is 59.4 Å². The van der Waals surface area contributed by atoms with E-state index in [1.807, 2.05) is 61.5 Å². The molecule has 1 N–H and O–H groups in total. The number of para-hydroxylation sites is 2. The summed E-state index contributed by atoms with van der Waals surface area (Å²) in [5, 5.41) is 4.92. The molecule has 0 amide bonds. The topological polar surface area (TPSA) is 67.6 Å². The molecule has 1 atom stereocenters. The predicted octanol–water partition coefficient (Wildman–Crippen LogP) is 4.47. The van der Waals surface area contributed by atoms with Gasteiger partial charge in [0.15, 0.2) is 5.16 Å². The van der Waals surface area contributed by atoms with E-state index in [2.05, 4.69) is 20.1 Å². The van der Waals surface area contributed by atoms with Crippen molar-refractivity contribution in [1.29, 1.82) is 0 Å². The van der Waals surface area contributed by atoms with Crippen molar-refractivity contribution < 1.29 is 4.52 Å². The number of thioether (sulfide) groups is 1. The Kier molecular flexibility index (Phi) is 3.59. The highest BCUT2D eigenvalue weighted by atomic mass is 32.2. The molecule has 0 aliphatic rings. The Bertz CT molecular complexity index is 899. The fourth-order valence-corrected chi connectivity index (χ4v) is 3.16. The van der Waals surface area contributed by atoms with Gasteiger partial charge in [0.05, 0.1) is 16.3 Å². The minimum atomic E-state index is 0.0144. The smallest absolute Gasteiger partial charge is 0.240 e. The molecule has 0 saturated carbocycles. The minimum Gasteiger partial charge on any atom is -0.338 e. The van der Waals surface area contributed by atoms with Crippen molar-refractivity contribution in [2.45, 2.75) is 17.3 Å². The van der Waals surface area contributed by atoms with Gasteiger partial charge in [-0.3, -0.25) is 0 Å². The zero-order chi connectivity index (χ0) is 15.6. The van der Waals surface area contributed by atoms with Gasteiger partial charge in [-0.2, -0.15) is 4.98 Å². The molecule has 0 aliphatic carbocycles. The summed E-state index contributed by atoms with van der Waals surface area (Å²) in [6.07, 6.45) is 0. The first-order valence-electron chi connectivity index (χ1n) is 7.30. The lowest BCUT2D eigenvalue weighted by atomic mass is 10.2. The Morgan fingerprint density at radius 3 is 2.61 bits per heavy atom. The van der Waals surface area contributed by atoms with E-state index in [0.717, 1.165) is 21.8 Å². The van der Waals surface area contributed by atoms with Crippen LogP contribution in [0.15, 0.2) is 64.3 Å². The summed E-state index contributed by atoms with van der Waals surface area (Å²) in [5.74, 6) is 1.20. The lowest BCUT2D eigenvalue weighted by molar-refractivity contribution is 0.380. The van der Waals surface area contributed by atoms with Gasteiger partial charge in [0.1, 0.15) is 0 Å². The van der Waals surface area contributed by atoms with Gasteiger partial charge < -0.3 is 9.51 Å². The highest BCUT2D eigenvalue weighted by Crippen LogP contribution is 2.33. The summed E-state index contributed by atoms with van der Waals surface area (Å²) in [6, 6.07) is 17.8. The summed E-state index contributed by atoms with van der Waals surface area (Å²) in [7, 11) is 0. The second kappa shape index (κ2) is 5.89. The number of aromatic amines is 1. The van der Waals surface area contributed by atoms with E-state index in [0.29, 0.717) is 11.7 Å². The van der Waals surface area contributed by atoms with Crippen molar-refractivity contribution in [3.05, 3.63) is 60.5 Å². The van der Waals surface area contributed by atoms with Crippen molar-refractivity contribution in [1.82, 2.24) is 20.1 Å². The molecular formula is C17H14N4OS. The lowest BCUT2D eigenvalue weighted by Gasteiger charge is -2.02. The fraction of sp³-hybridized carbons (Fsp3) is 0.118. The molecule has 4 aromatic rings. The zero-order valence-corrected chi connectivity index (χ0v) is 13.2. The average molecular weight is 322 g/mol. The molecule has 2 aromatic heterocycles. The molecular weight excluding hydrogens is 308 g/mol. The molecule has 2 heterocycles. The number of fused-ring (bicyclic) bond motifs is 1. The van der Waals surface area contributed by atoms with E-state index >= 15 is 0 Å². The summed E-state index contributed by atoms with van der Waals surface area (Å²) in [5.41, 5.74) is 2.93. The lowest BCUT2D eigenvalue weighted by Crippen LogP contribution is -1.90. The number of aromatic nitrogens is 4. The third kappa shape index (κ3) is 2.85. The van der Waals surface area contributed by atoms with Gasteiger partial charge in [0.2, 0.25) is 11.7 Å². The largest absolute Gasteiger partial charge is 0.338 e. The molecule has 0 radical (unpaired) electrons. The van der Waals surface area contributed by atoms with Crippen LogP contribution in [0.3, 0.4) is 0 Å². The first kappa shape index (κ1) is 14.0. The summed E-state index contributed by atoms with van der Waals surface area (Å²) in [4.78, 5) is 12.3. The highest BCUT2D eigenvalue weighted by Gasteiger charge is 2.18. The molecule has 0 saturated heterocycles. The Balaban J connectivity index is 1.55. The molecule has 1 unspecified atom stereocenters. The van der Waals surface area contributed by atoms with Crippen molar-refractivity contribution in [3.8, 4) is 11.4 Å². The van der Waals surface area contributed by atoms with Gasteiger partial charge in [-0.05, 0) is 19.1 Å². The summed E-state index contributed by atoms with van der Waals surface area (Å²) in [6.45, 7) is 2.03. The van der Waals surface area contributed by atoms with E-state index in [9.17, 15) is 0 Å². The van der Waals surface area contributed by atoms with Crippen molar-refractivity contribution in [3.63, 3.8) is 0 Å². The number of nitrogens with zero attached hydrogens (tertiary/aromatic N) is 3. The summed E-state index contributed by atoms with van der Waals surface area (Å²) >= 11 is 1.57. The van der Waals surface area contributed by atoms with Crippen LogP contribution in [0.25, 0.3) is 22.4 Å². The van der Waals surface area contributed by atoms with Crippen LogP contribution in [-0.4, -0.2) is 20.1 Å². The number of imidazole rings is 1. The number of rotatable bonds is 4. The first-order chi connectivity index (χ1) is 11.3. The molecule has 4 rings (SSSR count). The second-order valence-electron chi connectivity index (χ2n) is 5.14. The van der Waals surface area contributed by atoms with Gasteiger partial charge >= 0.3 is 0 Å². The first-order valence-corrected chi connectivity index (χ1v) is 8.18. The minimum absolute atomic E-state index is 0.0144. The maximum absolute atomic E-state index is 5.40. The van der Waals surface area contributed by atoms with E-state index in [1.165, 1.54) is 0 Å². The number of benzene rings is 2. The molecule has 6 heteroatoms. The van der Waals surface area contributed by atoms with Crippen LogP contribution in [0.4, 0.5) is 0 Å². The fourth-order valence-electron chi connectivity index (χ4n) is 2.31. The third-order valence-corrected chi connectivity index (χ3v) is 4.45. The Hall–Kier alpha value is -2.60. The molecule has 23 heavy (non-hydrogen) atoms. The molecule has 5 nitrogen and oxygen atoms in total. The zero-order valence-electron chi connectivity index (χ0n) is 12.4. The molecule has 114 valence electrons. The van der Waals surface area contributed by atoms with E-state index in [4.69, 9.17) is 4.52 Å². The molecule has 0 fully saturated rings. The van der Waals surface area contributed by atoms with Crippen LogP contribution >= 0.6 is 11.8 Å². The quantitative estimate of drug-likeness (QED) is 0.562. The predicted molar refractivity (Wildman–Crippen MR) is 90.1 cm³/mol. The van der Waals surface area contributed by atoms with Gasteiger partial charge in [-0.15, -0.1) is 0 Å². The maximum atomic E-state index is 5.40.